The third-order valence-corrected chi connectivity index (χ3v) is 8.72. The zero-order valence-electron chi connectivity index (χ0n) is 19.5. The lowest BCUT2D eigenvalue weighted by Crippen LogP contribution is -2.41. The summed E-state index contributed by atoms with van der Waals surface area (Å²) in [4.78, 5) is 38.4. The van der Waals surface area contributed by atoms with Gasteiger partial charge in [0.2, 0.25) is 0 Å². The van der Waals surface area contributed by atoms with Crippen LogP contribution in [0.25, 0.3) is 0 Å². The Hall–Kier alpha value is -1.06. The number of hydrogen-bond acceptors (Lipinski definition) is 6. The van der Waals surface area contributed by atoms with Gasteiger partial charge in [-0.3, -0.25) is 14.4 Å². The first-order valence-corrected chi connectivity index (χ1v) is 13.8. The van der Waals surface area contributed by atoms with Crippen molar-refractivity contribution in [1.82, 2.24) is 0 Å². The monoisotopic (exact) mass is 450 g/mol. The zero-order chi connectivity index (χ0) is 22.4. The summed E-state index contributed by atoms with van der Waals surface area (Å²) >= 11 is -3.23. The molecule has 3 rings (SSSR count). The second-order valence-electron chi connectivity index (χ2n) is 10.5. The van der Waals surface area contributed by atoms with Crippen LogP contribution in [0.4, 0.5) is 0 Å². The molecule has 6 unspecified atom stereocenters. The summed E-state index contributed by atoms with van der Waals surface area (Å²) in [6.07, 6.45) is 11.0. The molecule has 3 saturated carbocycles. The summed E-state index contributed by atoms with van der Waals surface area (Å²) < 4.78 is 16.9. The Morgan fingerprint density at radius 2 is 0.839 bits per heavy atom. The van der Waals surface area contributed by atoms with Crippen molar-refractivity contribution >= 4 is 33.1 Å². The molecule has 6 atom stereocenters. The van der Waals surface area contributed by atoms with E-state index in [0.29, 0.717) is 17.8 Å². The van der Waals surface area contributed by atoms with Gasteiger partial charge in [-0.2, -0.15) is 0 Å². The Labute approximate surface area is 192 Å². The number of hydrogen-bond donors (Lipinski definition) is 0. The number of carbonyl (C=O) groups is 3. The minimum Gasteiger partial charge on any atom is -0.551 e. The molecular weight excluding hydrogens is 411 g/mol. The van der Waals surface area contributed by atoms with Gasteiger partial charge in [-0.05, 0) is 56.3 Å². The fourth-order valence-corrected chi connectivity index (χ4v) is 6.88. The highest BCUT2D eigenvalue weighted by Gasteiger charge is 2.52. The van der Waals surface area contributed by atoms with Gasteiger partial charge in [0, 0.05) is 0 Å². The average Bonchev–Trinajstić information content (AvgIpc) is 2.73. The van der Waals surface area contributed by atoms with Crippen LogP contribution in [-0.4, -0.2) is 33.1 Å². The molecule has 0 N–H and O–H groups in total. The highest BCUT2D eigenvalue weighted by molar-refractivity contribution is 6.44. The highest BCUT2D eigenvalue weighted by atomic mass is 27.3. The van der Waals surface area contributed by atoms with E-state index in [1.807, 2.05) is 0 Å². The minimum absolute atomic E-state index is 0.194. The first-order chi connectivity index (χ1) is 14.8. The maximum atomic E-state index is 12.8. The largest absolute Gasteiger partial charge is 1.20 e. The summed E-state index contributed by atoms with van der Waals surface area (Å²) in [5, 5.41) is 0. The van der Waals surface area contributed by atoms with Gasteiger partial charge in [0.25, 0.3) is 17.9 Å². The normalized spacial score (nSPS) is 33.8. The van der Waals surface area contributed by atoms with Crippen LogP contribution in [0.3, 0.4) is 0 Å². The van der Waals surface area contributed by atoms with Gasteiger partial charge in [-0.15, -0.1) is 0 Å². The minimum atomic E-state index is -3.23. The van der Waals surface area contributed by atoms with Gasteiger partial charge >= 0.3 is 15.1 Å². The van der Waals surface area contributed by atoms with Crippen LogP contribution < -0.4 is 0 Å². The highest BCUT2D eigenvalue weighted by Crippen LogP contribution is 2.32. The van der Waals surface area contributed by atoms with Crippen LogP contribution in [0, 0.1) is 35.5 Å². The Morgan fingerprint density at radius 1 is 0.548 bits per heavy atom. The summed E-state index contributed by atoms with van der Waals surface area (Å²) in [6, 6.07) is 0. The number of rotatable bonds is 6. The van der Waals surface area contributed by atoms with Gasteiger partial charge in [-0.1, -0.05) is 59.3 Å². The van der Waals surface area contributed by atoms with Crippen molar-refractivity contribution in [1.29, 1.82) is 0 Å². The van der Waals surface area contributed by atoms with Crippen molar-refractivity contribution < 1.29 is 25.7 Å². The molecule has 31 heavy (non-hydrogen) atoms. The summed E-state index contributed by atoms with van der Waals surface area (Å²) in [5.74, 6) is -0.243. The van der Waals surface area contributed by atoms with Crippen LogP contribution in [0.1, 0.15) is 97.8 Å². The predicted octanol–water partition coefficient (Wildman–Crippen LogP) is 5.08. The van der Waals surface area contributed by atoms with E-state index in [0.717, 1.165) is 77.0 Å². The first-order valence-electron chi connectivity index (χ1n) is 12.4. The fraction of sp³-hybridized carbons (Fsp3) is 0.875. The molecular formula is C24H39AlO6. The second-order valence-corrected chi connectivity index (χ2v) is 11.8. The van der Waals surface area contributed by atoms with Gasteiger partial charge in [0.05, 0.1) is 17.8 Å². The molecule has 0 saturated heterocycles. The maximum absolute atomic E-state index is 12.8. The predicted molar refractivity (Wildman–Crippen MR) is 117 cm³/mol. The Morgan fingerprint density at radius 3 is 1.10 bits per heavy atom. The molecule has 3 aliphatic carbocycles. The summed E-state index contributed by atoms with van der Waals surface area (Å²) in [7, 11) is 0. The Bertz CT molecular complexity index is 552. The van der Waals surface area contributed by atoms with Crippen molar-refractivity contribution in [2.45, 2.75) is 97.8 Å². The van der Waals surface area contributed by atoms with Crippen molar-refractivity contribution in [3.8, 4) is 0 Å². The quantitative estimate of drug-likeness (QED) is 0.525. The SMILES string of the molecule is CC1CCCC(C(=O)[O][Al]([O]C(=O)C2CCCC(C)C2)[O]C(=O)C2CCCC(C)C2)C1. The Balaban J connectivity index is 1.62. The number of carbonyl (C=O) groups excluding carboxylic acids is 3. The van der Waals surface area contributed by atoms with Crippen molar-refractivity contribution in [2.24, 2.45) is 35.5 Å². The molecule has 0 aliphatic heterocycles. The lowest BCUT2D eigenvalue weighted by Gasteiger charge is -2.29. The van der Waals surface area contributed by atoms with E-state index in [1.54, 1.807) is 0 Å². The molecule has 7 heteroatoms. The van der Waals surface area contributed by atoms with Crippen molar-refractivity contribution in [3.05, 3.63) is 0 Å². The molecule has 0 spiro atoms. The fourth-order valence-electron chi connectivity index (χ4n) is 5.59. The standard InChI is InChI=1S/3C8H14O2.Al/c3*1-6-3-2-4-7(5-6)8(9)10;/h3*6-7H,2-5H2,1H3,(H,9,10);/q;;;+3/p-3. The van der Waals surface area contributed by atoms with E-state index in [1.165, 1.54) is 0 Å². The summed E-state index contributed by atoms with van der Waals surface area (Å²) in [6.45, 7) is 6.43. The molecule has 3 fully saturated rings. The van der Waals surface area contributed by atoms with Crippen LogP contribution in [0.2, 0.25) is 0 Å². The summed E-state index contributed by atoms with van der Waals surface area (Å²) in [5.41, 5.74) is 0. The maximum Gasteiger partial charge on any atom is 1.20 e. The molecule has 0 aromatic heterocycles. The van der Waals surface area contributed by atoms with Crippen LogP contribution in [0.5, 0.6) is 0 Å². The lowest BCUT2D eigenvalue weighted by atomic mass is 9.83. The van der Waals surface area contributed by atoms with E-state index in [2.05, 4.69) is 20.8 Å². The molecule has 0 radical (unpaired) electrons. The van der Waals surface area contributed by atoms with Crippen molar-refractivity contribution in [3.63, 3.8) is 0 Å². The first kappa shape index (κ1) is 24.6. The van der Waals surface area contributed by atoms with E-state index in [9.17, 15) is 14.4 Å². The molecule has 0 amide bonds. The molecule has 0 aromatic carbocycles. The van der Waals surface area contributed by atoms with Crippen LogP contribution >= 0.6 is 0 Å². The molecule has 0 aromatic rings. The van der Waals surface area contributed by atoms with Gasteiger partial charge in [-0.25, -0.2) is 0 Å². The smallest absolute Gasteiger partial charge is 0.551 e. The molecule has 6 nitrogen and oxygen atoms in total. The lowest BCUT2D eigenvalue weighted by molar-refractivity contribution is -0.154. The van der Waals surface area contributed by atoms with E-state index >= 15 is 0 Å². The van der Waals surface area contributed by atoms with E-state index in [4.69, 9.17) is 11.4 Å². The van der Waals surface area contributed by atoms with Crippen LogP contribution in [0.15, 0.2) is 0 Å². The second kappa shape index (κ2) is 11.7. The van der Waals surface area contributed by atoms with E-state index in [-0.39, 0.29) is 35.7 Å². The van der Waals surface area contributed by atoms with Crippen LogP contribution in [-0.2, 0) is 25.7 Å². The zero-order valence-corrected chi connectivity index (χ0v) is 20.6. The average molecular weight is 451 g/mol. The molecule has 0 heterocycles. The molecule has 174 valence electrons. The molecule has 3 aliphatic rings. The molecule has 0 bridgehead atoms. The van der Waals surface area contributed by atoms with Gasteiger partial charge in [0.15, 0.2) is 0 Å². The topological polar surface area (TPSA) is 78.9 Å². The van der Waals surface area contributed by atoms with Crippen molar-refractivity contribution in [2.75, 3.05) is 0 Å². The Kier molecular flexibility index (Phi) is 9.28. The van der Waals surface area contributed by atoms with Gasteiger partial charge < -0.3 is 11.4 Å². The third-order valence-electron chi connectivity index (χ3n) is 7.45. The third kappa shape index (κ3) is 7.50. The van der Waals surface area contributed by atoms with Gasteiger partial charge in [0.1, 0.15) is 0 Å². The van der Waals surface area contributed by atoms with E-state index < -0.39 is 15.1 Å².